The highest BCUT2D eigenvalue weighted by molar-refractivity contribution is 5.61. The van der Waals surface area contributed by atoms with Gasteiger partial charge in [-0.15, -0.1) is 0 Å². The largest absolute Gasteiger partial charge is 0.389 e. The molecule has 2 aliphatic carbocycles. The second kappa shape index (κ2) is 6.51. The number of rotatable bonds is 3. The average molecular weight is 352 g/mol. The van der Waals surface area contributed by atoms with Crippen molar-refractivity contribution in [2.75, 3.05) is 0 Å². The van der Waals surface area contributed by atoms with E-state index < -0.39 is 6.10 Å². The van der Waals surface area contributed by atoms with Gasteiger partial charge in [-0.1, -0.05) is 24.6 Å². The number of aliphatic hydroxyl groups is 1. The zero-order valence-electron chi connectivity index (χ0n) is 15.3. The summed E-state index contributed by atoms with van der Waals surface area (Å²) in [6.07, 6.45) is 11.7. The Kier molecular flexibility index (Phi) is 4.31. The fraction of sp³-hybridized carbons (Fsp3) is 0.409. The van der Waals surface area contributed by atoms with Crippen molar-refractivity contribution in [3.63, 3.8) is 0 Å². The lowest BCUT2D eigenvalue weighted by Crippen LogP contribution is -2.42. The van der Waals surface area contributed by atoms with Crippen molar-refractivity contribution in [3.8, 4) is 5.69 Å². The predicted octanol–water partition coefficient (Wildman–Crippen LogP) is 4.69. The molecule has 0 radical (unpaired) electrons. The lowest BCUT2D eigenvalue weighted by molar-refractivity contribution is 0.0530. The van der Waals surface area contributed by atoms with Crippen molar-refractivity contribution in [1.82, 2.24) is 9.78 Å². The third-order valence-electron chi connectivity index (χ3n) is 6.14. The summed E-state index contributed by atoms with van der Waals surface area (Å²) in [6.45, 7) is 4.24. The number of fused-ring (bicyclic) bond motifs is 2. The van der Waals surface area contributed by atoms with Gasteiger partial charge in [0.1, 0.15) is 5.82 Å². The Morgan fingerprint density at radius 2 is 2.12 bits per heavy atom. The summed E-state index contributed by atoms with van der Waals surface area (Å²) in [7, 11) is 0. The van der Waals surface area contributed by atoms with Crippen LogP contribution in [0.15, 0.2) is 48.2 Å². The number of benzene rings is 1. The molecule has 0 aliphatic heterocycles. The molecule has 0 bridgehead atoms. The number of nitrogens with zero attached hydrogens (tertiary/aromatic N) is 2. The van der Waals surface area contributed by atoms with Crippen LogP contribution in [0.25, 0.3) is 11.8 Å². The van der Waals surface area contributed by atoms with Gasteiger partial charge < -0.3 is 5.11 Å². The quantitative estimate of drug-likeness (QED) is 0.814. The van der Waals surface area contributed by atoms with Crippen LogP contribution in [0.4, 0.5) is 4.39 Å². The molecule has 0 unspecified atom stereocenters. The molecule has 2 aromatic rings. The molecule has 2 aliphatic rings. The molecular formula is C22H25FN2O. The maximum absolute atomic E-state index is 13.2. The summed E-state index contributed by atoms with van der Waals surface area (Å²) in [5.74, 6) is -0.0187. The van der Waals surface area contributed by atoms with Gasteiger partial charge in [0.15, 0.2) is 0 Å². The molecule has 1 heterocycles. The lowest BCUT2D eigenvalue weighted by Gasteiger charge is -2.47. The van der Waals surface area contributed by atoms with Gasteiger partial charge >= 0.3 is 0 Å². The van der Waals surface area contributed by atoms with Gasteiger partial charge in [-0.05, 0) is 79.8 Å². The van der Waals surface area contributed by atoms with Crippen LogP contribution in [0.5, 0.6) is 0 Å². The normalized spacial score (nSPS) is 26.3. The summed E-state index contributed by atoms with van der Waals surface area (Å²) in [5, 5.41) is 15.2. The standard InChI is InChI=1S/C22H25FN2O/c1-3-5-21(26)19-7-4-6-16-12-20-15(13-22(16,19)2)14-24-25(20)18-10-8-17(23)9-11-18/h3,5,8-12,14,19,21,26H,4,6-7,13H2,1-2H3/t19-,21+,22+/m1/s1. The molecule has 1 saturated carbocycles. The minimum atomic E-state index is -0.414. The van der Waals surface area contributed by atoms with Gasteiger partial charge in [0, 0.05) is 0 Å². The van der Waals surface area contributed by atoms with E-state index >= 15 is 0 Å². The fourth-order valence-electron chi connectivity index (χ4n) is 4.75. The monoisotopic (exact) mass is 352 g/mol. The Balaban J connectivity index is 1.74. The van der Waals surface area contributed by atoms with Crippen LogP contribution in [0.2, 0.25) is 0 Å². The van der Waals surface area contributed by atoms with Gasteiger partial charge in [-0.3, -0.25) is 0 Å². The minimum absolute atomic E-state index is 0.0408. The number of halogens is 1. The average Bonchev–Trinajstić information content (AvgIpc) is 3.01. The molecule has 1 fully saturated rings. The highest BCUT2D eigenvalue weighted by Crippen LogP contribution is 2.52. The summed E-state index contributed by atoms with van der Waals surface area (Å²) in [4.78, 5) is 0. The van der Waals surface area contributed by atoms with Crippen molar-refractivity contribution >= 4 is 6.08 Å². The number of allylic oxidation sites excluding steroid dienone is 2. The van der Waals surface area contributed by atoms with Crippen LogP contribution >= 0.6 is 0 Å². The zero-order valence-corrected chi connectivity index (χ0v) is 15.3. The lowest BCUT2D eigenvalue weighted by atomic mass is 9.58. The maximum atomic E-state index is 13.2. The Morgan fingerprint density at radius 3 is 2.85 bits per heavy atom. The van der Waals surface area contributed by atoms with Crippen LogP contribution in [0.1, 0.15) is 44.4 Å². The van der Waals surface area contributed by atoms with Crippen molar-refractivity contribution in [3.05, 3.63) is 65.3 Å². The molecule has 1 aromatic carbocycles. The molecule has 3 nitrogen and oxygen atoms in total. The van der Waals surface area contributed by atoms with Crippen LogP contribution < -0.4 is 0 Å². The first kappa shape index (κ1) is 17.2. The highest BCUT2D eigenvalue weighted by Gasteiger charge is 2.45. The molecule has 0 spiro atoms. The van der Waals surface area contributed by atoms with Crippen LogP contribution in [0.3, 0.4) is 0 Å². The number of aliphatic hydroxyl groups excluding tert-OH is 1. The van der Waals surface area contributed by atoms with E-state index in [0.29, 0.717) is 0 Å². The van der Waals surface area contributed by atoms with Gasteiger partial charge in [0.2, 0.25) is 0 Å². The third-order valence-corrected chi connectivity index (χ3v) is 6.14. The van der Waals surface area contributed by atoms with Crippen LogP contribution in [0, 0.1) is 17.2 Å². The SMILES string of the molecule is CC=C[C@H](O)[C@H]1CCCC2=Cc3c(cnn3-c3ccc(F)cc3)C[C@@]21C. The Hall–Kier alpha value is -2.20. The van der Waals surface area contributed by atoms with Gasteiger partial charge in [0.05, 0.1) is 23.7 Å². The molecule has 0 saturated heterocycles. The minimum Gasteiger partial charge on any atom is -0.389 e. The molecule has 4 heteroatoms. The molecule has 0 amide bonds. The summed E-state index contributed by atoms with van der Waals surface area (Å²) in [6, 6.07) is 6.45. The van der Waals surface area contributed by atoms with Crippen LogP contribution in [-0.2, 0) is 6.42 Å². The third kappa shape index (κ3) is 2.73. The van der Waals surface area contributed by atoms with E-state index in [1.54, 1.807) is 12.1 Å². The predicted molar refractivity (Wildman–Crippen MR) is 101 cm³/mol. The van der Waals surface area contributed by atoms with E-state index in [0.717, 1.165) is 37.1 Å². The first-order chi connectivity index (χ1) is 12.5. The Bertz CT molecular complexity index is 865. The summed E-state index contributed by atoms with van der Waals surface area (Å²) < 4.78 is 15.1. The van der Waals surface area contributed by atoms with Crippen molar-refractivity contribution in [2.24, 2.45) is 11.3 Å². The molecule has 26 heavy (non-hydrogen) atoms. The molecule has 1 aromatic heterocycles. The summed E-state index contributed by atoms with van der Waals surface area (Å²) in [5.41, 5.74) is 4.51. The van der Waals surface area contributed by atoms with E-state index in [1.807, 2.05) is 30.0 Å². The van der Waals surface area contributed by atoms with E-state index in [2.05, 4.69) is 18.1 Å². The first-order valence-corrected chi connectivity index (χ1v) is 9.37. The summed E-state index contributed by atoms with van der Waals surface area (Å²) >= 11 is 0. The first-order valence-electron chi connectivity index (χ1n) is 9.37. The highest BCUT2D eigenvalue weighted by atomic mass is 19.1. The topological polar surface area (TPSA) is 38.1 Å². The van der Waals surface area contributed by atoms with Gasteiger partial charge in [0.25, 0.3) is 0 Å². The van der Waals surface area contributed by atoms with Crippen molar-refractivity contribution in [1.29, 1.82) is 0 Å². The number of hydrogen-bond acceptors (Lipinski definition) is 2. The van der Waals surface area contributed by atoms with E-state index in [9.17, 15) is 9.50 Å². The van der Waals surface area contributed by atoms with Gasteiger partial charge in [-0.2, -0.15) is 5.10 Å². The van der Waals surface area contributed by atoms with E-state index in [4.69, 9.17) is 0 Å². The molecule has 136 valence electrons. The molecule has 4 rings (SSSR count). The molecular weight excluding hydrogens is 327 g/mol. The fourth-order valence-corrected chi connectivity index (χ4v) is 4.75. The van der Waals surface area contributed by atoms with Gasteiger partial charge in [-0.25, -0.2) is 9.07 Å². The van der Waals surface area contributed by atoms with E-state index in [1.165, 1.54) is 23.3 Å². The van der Waals surface area contributed by atoms with Crippen molar-refractivity contribution in [2.45, 2.75) is 45.6 Å². The Labute approximate surface area is 153 Å². The second-order valence-corrected chi connectivity index (χ2v) is 7.72. The second-order valence-electron chi connectivity index (χ2n) is 7.72. The Morgan fingerprint density at radius 1 is 1.35 bits per heavy atom. The van der Waals surface area contributed by atoms with Crippen LogP contribution in [-0.4, -0.2) is 21.0 Å². The molecule has 1 N–H and O–H groups in total. The number of aromatic nitrogens is 2. The smallest absolute Gasteiger partial charge is 0.123 e. The van der Waals surface area contributed by atoms with E-state index in [-0.39, 0.29) is 17.2 Å². The molecule has 3 atom stereocenters. The number of hydrogen-bond donors (Lipinski definition) is 1. The van der Waals surface area contributed by atoms with Crippen molar-refractivity contribution < 1.29 is 9.50 Å². The zero-order chi connectivity index (χ0) is 18.3. The maximum Gasteiger partial charge on any atom is 0.123 e.